The van der Waals surface area contributed by atoms with Gasteiger partial charge < -0.3 is 20.1 Å². The van der Waals surface area contributed by atoms with Crippen molar-refractivity contribution in [3.8, 4) is 11.5 Å². The Morgan fingerprint density at radius 1 is 1.13 bits per heavy atom. The summed E-state index contributed by atoms with van der Waals surface area (Å²) in [5.74, 6) is 2.51. The molecular weight excluding hydrogens is 294 g/mol. The van der Waals surface area contributed by atoms with Gasteiger partial charge in [0.1, 0.15) is 11.5 Å². The number of anilines is 3. The summed E-state index contributed by atoms with van der Waals surface area (Å²) in [6.07, 6.45) is 5.02. The number of rotatable bonds is 9. The van der Waals surface area contributed by atoms with E-state index in [1.165, 1.54) is 12.8 Å². The fraction of sp³-hybridized carbons (Fsp3) is 0.438. The zero-order chi connectivity index (χ0) is 16.5. The van der Waals surface area contributed by atoms with E-state index in [2.05, 4.69) is 32.7 Å². The second-order valence-electron chi connectivity index (χ2n) is 4.99. The molecule has 0 atom stereocenters. The summed E-state index contributed by atoms with van der Waals surface area (Å²) in [4.78, 5) is 4.40. The normalized spacial score (nSPS) is 10.2. The Morgan fingerprint density at radius 2 is 2.00 bits per heavy atom. The molecule has 7 nitrogen and oxygen atoms in total. The van der Waals surface area contributed by atoms with Gasteiger partial charge in [-0.05, 0) is 18.6 Å². The fourth-order valence-corrected chi connectivity index (χ4v) is 2.05. The van der Waals surface area contributed by atoms with Gasteiger partial charge in [0.25, 0.3) is 0 Å². The van der Waals surface area contributed by atoms with E-state index in [9.17, 15) is 0 Å². The average molecular weight is 317 g/mol. The highest BCUT2D eigenvalue weighted by atomic mass is 16.5. The van der Waals surface area contributed by atoms with Crippen LogP contribution in [0.2, 0.25) is 0 Å². The highest BCUT2D eigenvalue weighted by Crippen LogP contribution is 2.30. The van der Waals surface area contributed by atoms with Crippen LogP contribution in [-0.4, -0.2) is 35.9 Å². The molecule has 0 fully saturated rings. The summed E-state index contributed by atoms with van der Waals surface area (Å²) in [6, 6.07) is 5.53. The Labute approximate surface area is 136 Å². The number of methoxy groups -OCH3 is 2. The second kappa shape index (κ2) is 8.77. The van der Waals surface area contributed by atoms with E-state index >= 15 is 0 Å². The summed E-state index contributed by atoms with van der Waals surface area (Å²) < 4.78 is 10.5. The Balaban J connectivity index is 2.05. The number of aromatic nitrogens is 3. The standard InChI is InChI=1S/C16H23N5O2/c1-4-5-6-9-17-16-20-15(11-18-21-16)19-13-8-7-12(22-2)10-14(13)23-3/h7-8,10-11H,4-6,9H2,1-3H3,(H2,17,19,20,21). The molecule has 2 aromatic rings. The van der Waals surface area contributed by atoms with Gasteiger partial charge in [-0.2, -0.15) is 10.1 Å². The smallest absolute Gasteiger partial charge is 0.244 e. The molecule has 0 aliphatic carbocycles. The monoisotopic (exact) mass is 317 g/mol. The van der Waals surface area contributed by atoms with Crippen molar-refractivity contribution in [1.29, 1.82) is 0 Å². The molecule has 0 saturated carbocycles. The van der Waals surface area contributed by atoms with E-state index in [-0.39, 0.29) is 0 Å². The van der Waals surface area contributed by atoms with Gasteiger partial charge in [0.15, 0.2) is 5.82 Å². The minimum absolute atomic E-state index is 0.513. The van der Waals surface area contributed by atoms with Crippen LogP contribution in [0.25, 0.3) is 0 Å². The van der Waals surface area contributed by atoms with Crippen molar-refractivity contribution >= 4 is 17.5 Å². The molecule has 23 heavy (non-hydrogen) atoms. The van der Waals surface area contributed by atoms with Crippen molar-refractivity contribution in [2.24, 2.45) is 0 Å². The molecule has 1 aromatic heterocycles. The molecule has 1 aromatic carbocycles. The zero-order valence-corrected chi connectivity index (χ0v) is 13.8. The Kier molecular flexibility index (Phi) is 6.40. The van der Waals surface area contributed by atoms with E-state index in [1.807, 2.05) is 12.1 Å². The van der Waals surface area contributed by atoms with Crippen molar-refractivity contribution in [3.63, 3.8) is 0 Å². The van der Waals surface area contributed by atoms with E-state index in [0.717, 1.165) is 24.4 Å². The number of hydrogen-bond donors (Lipinski definition) is 2. The summed E-state index contributed by atoms with van der Waals surface area (Å²) in [6.45, 7) is 3.01. The highest BCUT2D eigenvalue weighted by Gasteiger charge is 2.07. The molecule has 2 rings (SSSR count). The lowest BCUT2D eigenvalue weighted by molar-refractivity contribution is 0.395. The van der Waals surface area contributed by atoms with Gasteiger partial charge in [-0.25, -0.2) is 0 Å². The van der Waals surface area contributed by atoms with Gasteiger partial charge in [-0.15, -0.1) is 5.10 Å². The first-order valence-electron chi connectivity index (χ1n) is 7.69. The Hall–Kier alpha value is -2.57. The van der Waals surface area contributed by atoms with E-state index < -0.39 is 0 Å². The van der Waals surface area contributed by atoms with Crippen LogP contribution >= 0.6 is 0 Å². The first-order chi connectivity index (χ1) is 11.3. The molecule has 0 radical (unpaired) electrons. The fourth-order valence-electron chi connectivity index (χ4n) is 2.05. The number of nitrogens with one attached hydrogen (secondary N) is 2. The number of nitrogens with zero attached hydrogens (tertiary/aromatic N) is 3. The van der Waals surface area contributed by atoms with E-state index in [4.69, 9.17) is 9.47 Å². The summed E-state index contributed by atoms with van der Waals surface area (Å²) in [5, 5.41) is 14.3. The molecule has 0 aliphatic rings. The van der Waals surface area contributed by atoms with Crippen molar-refractivity contribution in [2.45, 2.75) is 26.2 Å². The molecule has 0 unspecified atom stereocenters. The maximum atomic E-state index is 5.36. The van der Waals surface area contributed by atoms with Crippen LogP contribution in [0.15, 0.2) is 24.4 Å². The van der Waals surface area contributed by atoms with Crippen LogP contribution in [0.3, 0.4) is 0 Å². The molecule has 0 amide bonds. The minimum Gasteiger partial charge on any atom is -0.497 e. The lowest BCUT2D eigenvalue weighted by Gasteiger charge is -2.12. The SMILES string of the molecule is CCCCCNc1nncc(Nc2ccc(OC)cc2OC)n1. The third kappa shape index (κ3) is 4.98. The number of ether oxygens (including phenoxy) is 2. The second-order valence-corrected chi connectivity index (χ2v) is 4.99. The van der Waals surface area contributed by atoms with Gasteiger partial charge in [-0.1, -0.05) is 19.8 Å². The van der Waals surface area contributed by atoms with E-state index in [0.29, 0.717) is 17.5 Å². The number of benzene rings is 1. The first kappa shape index (κ1) is 16.8. The third-order valence-electron chi connectivity index (χ3n) is 3.29. The van der Waals surface area contributed by atoms with E-state index in [1.54, 1.807) is 26.5 Å². The minimum atomic E-state index is 0.513. The third-order valence-corrected chi connectivity index (χ3v) is 3.29. The van der Waals surface area contributed by atoms with Crippen molar-refractivity contribution < 1.29 is 9.47 Å². The molecular formula is C16H23N5O2. The molecule has 0 aliphatic heterocycles. The molecule has 2 N–H and O–H groups in total. The predicted octanol–water partition coefficient (Wildman–Crippen LogP) is 3.23. The molecule has 7 heteroatoms. The summed E-state index contributed by atoms with van der Waals surface area (Å²) in [7, 11) is 3.23. The predicted molar refractivity (Wildman–Crippen MR) is 90.7 cm³/mol. The number of unbranched alkanes of at least 4 members (excludes halogenated alkanes) is 2. The lowest BCUT2D eigenvalue weighted by atomic mass is 10.2. The average Bonchev–Trinajstić information content (AvgIpc) is 2.59. The Morgan fingerprint density at radius 3 is 2.74 bits per heavy atom. The topological polar surface area (TPSA) is 81.2 Å². The maximum absolute atomic E-state index is 5.36. The van der Waals surface area contributed by atoms with Gasteiger partial charge in [0.05, 0.1) is 26.1 Å². The van der Waals surface area contributed by atoms with Crippen molar-refractivity contribution in [3.05, 3.63) is 24.4 Å². The van der Waals surface area contributed by atoms with Crippen molar-refractivity contribution in [1.82, 2.24) is 15.2 Å². The quantitative estimate of drug-likeness (QED) is 0.687. The zero-order valence-electron chi connectivity index (χ0n) is 13.8. The van der Waals surface area contributed by atoms with Gasteiger partial charge in [0, 0.05) is 12.6 Å². The number of hydrogen-bond acceptors (Lipinski definition) is 7. The summed E-state index contributed by atoms with van der Waals surface area (Å²) in [5.41, 5.74) is 0.783. The molecule has 0 spiro atoms. The van der Waals surface area contributed by atoms with Gasteiger partial charge >= 0.3 is 0 Å². The molecule has 124 valence electrons. The van der Waals surface area contributed by atoms with Crippen molar-refractivity contribution in [2.75, 3.05) is 31.4 Å². The van der Waals surface area contributed by atoms with Gasteiger partial charge in [-0.3, -0.25) is 0 Å². The van der Waals surface area contributed by atoms with Crippen LogP contribution in [0.1, 0.15) is 26.2 Å². The van der Waals surface area contributed by atoms with Crippen LogP contribution in [0.4, 0.5) is 17.5 Å². The molecule has 0 saturated heterocycles. The highest BCUT2D eigenvalue weighted by molar-refractivity contribution is 5.65. The van der Waals surface area contributed by atoms with Crippen LogP contribution in [0, 0.1) is 0 Å². The molecule has 1 heterocycles. The first-order valence-corrected chi connectivity index (χ1v) is 7.69. The Bertz CT molecular complexity index is 621. The van der Waals surface area contributed by atoms with Crippen LogP contribution < -0.4 is 20.1 Å². The van der Waals surface area contributed by atoms with Gasteiger partial charge in [0.2, 0.25) is 5.95 Å². The maximum Gasteiger partial charge on any atom is 0.244 e. The van der Waals surface area contributed by atoms with Crippen LogP contribution in [-0.2, 0) is 0 Å². The lowest BCUT2D eigenvalue weighted by Crippen LogP contribution is -2.08. The summed E-state index contributed by atoms with van der Waals surface area (Å²) >= 11 is 0. The largest absolute Gasteiger partial charge is 0.497 e. The van der Waals surface area contributed by atoms with Crippen LogP contribution in [0.5, 0.6) is 11.5 Å². The molecule has 0 bridgehead atoms.